The summed E-state index contributed by atoms with van der Waals surface area (Å²) < 4.78 is 1.99. The summed E-state index contributed by atoms with van der Waals surface area (Å²) in [6, 6.07) is 0.190. The molecule has 0 aromatic carbocycles. The minimum absolute atomic E-state index is 0.0441. The number of carbonyl (C=O) groups is 1. The van der Waals surface area contributed by atoms with Crippen LogP contribution >= 0.6 is 0 Å². The molecule has 2 aliphatic heterocycles. The zero-order valence-corrected chi connectivity index (χ0v) is 13.0. The molecule has 1 N–H and O–H groups in total. The first-order chi connectivity index (χ1) is 10.2. The van der Waals surface area contributed by atoms with Crippen LogP contribution in [0.3, 0.4) is 0 Å². The number of hydrogen-bond donors (Lipinski definition) is 1. The summed E-state index contributed by atoms with van der Waals surface area (Å²) in [5.74, 6) is 0.0441. The first-order valence-corrected chi connectivity index (χ1v) is 8.32. The van der Waals surface area contributed by atoms with Gasteiger partial charge in [0.15, 0.2) is 0 Å². The number of nitrogens with one attached hydrogen (secondary N) is 1. The predicted octanol–water partition coefficient (Wildman–Crippen LogP) is 1.82. The van der Waals surface area contributed by atoms with Crippen LogP contribution in [0, 0.1) is 0 Å². The second-order valence-corrected chi connectivity index (χ2v) is 6.42. The molecule has 1 amide bonds. The van der Waals surface area contributed by atoms with Gasteiger partial charge in [-0.05, 0) is 52.1 Å². The molecule has 3 heterocycles. The Bertz CT molecular complexity index is 490. The van der Waals surface area contributed by atoms with Crippen LogP contribution in [0.2, 0.25) is 0 Å². The van der Waals surface area contributed by atoms with Crippen LogP contribution in [0.1, 0.15) is 55.1 Å². The first-order valence-electron chi connectivity index (χ1n) is 8.32. The van der Waals surface area contributed by atoms with E-state index in [4.69, 9.17) is 0 Å². The lowest BCUT2D eigenvalue weighted by molar-refractivity contribution is 0.0924. The summed E-state index contributed by atoms with van der Waals surface area (Å²) in [6.45, 7) is 6.34. The lowest BCUT2D eigenvalue weighted by Crippen LogP contribution is -2.43. The molecule has 1 unspecified atom stereocenters. The number of piperidine rings is 1. The monoisotopic (exact) mass is 290 g/mol. The van der Waals surface area contributed by atoms with Crippen molar-refractivity contribution in [1.82, 2.24) is 20.0 Å². The molecule has 1 atom stereocenters. The van der Waals surface area contributed by atoms with E-state index < -0.39 is 0 Å². The van der Waals surface area contributed by atoms with E-state index in [1.807, 2.05) is 4.68 Å². The van der Waals surface area contributed by atoms with Gasteiger partial charge in [-0.2, -0.15) is 5.10 Å². The number of fused-ring (bicyclic) bond motifs is 1. The molecule has 0 bridgehead atoms. The topological polar surface area (TPSA) is 50.2 Å². The molecule has 0 radical (unpaired) electrons. The maximum Gasteiger partial charge on any atom is 0.255 e. The van der Waals surface area contributed by atoms with E-state index in [-0.39, 0.29) is 11.9 Å². The smallest absolute Gasteiger partial charge is 0.255 e. The molecule has 1 aromatic heterocycles. The Kier molecular flexibility index (Phi) is 4.58. The quantitative estimate of drug-likeness (QED) is 0.920. The van der Waals surface area contributed by atoms with Crippen LogP contribution in [-0.4, -0.2) is 46.3 Å². The number of amides is 1. The van der Waals surface area contributed by atoms with Crippen molar-refractivity contribution in [2.24, 2.45) is 0 Å². The van der Waals surface area contributed by atoms with Crippen LogP contribution < -0.4 is 5.32 Å². The lowest BCUT2D eigenvalue weighted by Gasteiger charge is -2.29. The van der Waals surface area contributed by atoms with Crippen LogP contribution in [0.25, 0.3) is 0 Å². The first kappa shape index (κ1) is 14.6. The van der Waals surface area contributed by atoms with Crippen molar-refractivity contribution < 1.29 is 4.79 Å². The van der Waals surface area contributed by atoms with Crippen LogP contribution in [0.15, 0.2) is 6.20 Å². The molecule has 5 heteroatoms. The molecular weight excluding hydrogens is 264 g/mol. The molecule has 5 nitrogen and oxygen atoms in total. The molecule has 2 aliphatic rings. The van der Waals surface area contributed by atoms with Gasteiger partial charge in [0.25, 0.3) is 5.91 Å². The molecule has 21 heavy (non-hydrogen) atoms. The summed E-state index contributed by atoms with van der Waals surface area (Å²) in [6.07, 6.45) is 8.97. The minimum atomic E-state index is 0.0441. The van der Waals surface area contributed by atoms with Crippen molar-refractivity contribution >= 4 is 5.91 Å². The van der Waals surface area contributed by atoms with Gasteiger partial charge in [-0.3, -0.25) is 9.48 Å². The Morgan fingerprint density at radius 3 is 2.81 bits per heavy atom. The van der Waals surface area contributed by atoms with E-state index in [2.05, 4.69) is 22.2 Å². The van der Waals surface area contributed by atoms with Crippen molar-refractivity contribution in [2.45, 2.75) is 58.0 Å². The maximum atomic E-state index is 12.4. The zero-order chi connectivity index (χ0) is 14.7. The molecule has 0 aliphatic carbocycles. The highest BCUT2D eigenvalue weighted by Crippen LogP contribution is 2.18. The van der Waals surface area contributed by atoms with Crippen molar-refractivity contribution in [2.75, 3.05) is 19.6 Å². The van der Waals surface area contributed by atoms with Crippen molar-refractivity contribution in [3.8, 4) is 0 Å². The lowest BCUT2D eigenvalue weighted by atomic mass is 10.1. The molecule has 1 fully saturated rings. The average molecular weight is 290 g/mol. The van der Waals surface area contributed by atoms with E-state index in [9.17, 15) is 4.79 Å². The van der Waals surface area contributed by atoms with Crippen molar-refractivity contribution in [3.63, 3.8) is 0 Å². The summed E-state index contributed by atoms with van der Waals surface area (Å²) >= 11 is 0. The summed E-state index contributed by atoms with van der Waals surface area (Å²) in [4.78, 5) is 14.9. The highest BCUT2D eigenvalue weighted by Gasteiger charge is 2.21. The van der Waals surface area contributed by atoms with Gasteiger partial charge < -0.3 is 10.2 Å². The third kappa shape index (κ3) is 3.46. The number of carbonyl (C=O) groups excluding carboxylic acids is 1. The highest BCUT2D eigenvalue weighted by atomic mass is 16.1. The minimum Gasteiger partial charge on any atom is -0.348 e. The third-order valence-corrected chi connectivity index (χ3v) is 4.59. The van der Waals surface area contributed by atoms with Gasteiger partial charge in [0.1, 0.15) is 0 Å². The third-order valence-electron chi connectivity index (χ3n) is 4.59. The molecule has 116 valence electrons. The molecular formula is C16H26N4O. The summed E-state index contributed by atoms with van der Waals surface area (Å²) in [5.41, 5.74) is 1.89. The number of aromatic nitrogens is 2. The number of nitrogens with zero attached hydrogens (tertiary/aromatic N) is 3. The van der Waals surface area contributed by atoms with Crippen LogP contribution in [0.5, 0.6) is 0 Å². The highest BCUT2D eigenvalue weighted by molar-refractivity contribution is 5.95. The average Bonchev–Trinajstić information content (AvgIpc) is 2.92. The Morgan fingerprint density at radius 1 is 1.24 bits per heavy atom. The SMILES string of the molecule is CC(CN1CCCCC1)NC(=O)c1cnn2c1CCCC2. The molecule has 1 saturated heterocycles. The standard InChI is InChI=1S/C16H26N4O/c1-13(12-19-8-4-2-5-9-19)18-16(21)14-11-17-20-10-6-3-7-15(14)20/h11,13H,2-10,12H2,1H3,(H,18,21). The van der Waals surface area contributed by atoms with Crippen molar-refractivity contribution in [1.29, 1.82) is 0 Å². The normalized spacial score (nSPS) is 20.8. The fourth-order valence-corrected chi connectivity index (χ4v) is 3.49. The largest absolute Gasteiger partial charge is 0.348 e. The van der Waals surface area contributed by atoms with Crippen LogP contribution in [0.4, 0.5) is 0 Å². The number of aryl methyl sites for hydroxylation is 1. The predicted molar refractivity (Wildman–Crippen MR) is 82.4 cm³/mol. The van der Waals surface area contributed by atoms with Gasteiger partial charge >= 0.3 is 0 Å². The maximum absolute atomic E-state index is 12.4. The van der Waals surface area contributed by atoms with E-state index in [1.165, 1.54) is 38.8 Å². The van der Waals surface area contributed by atoms with Crippen LogP contribution in [-0.2, 0) is 13.0 Å². The van der Waals surface area contributed by atoms with Gasteiger partial charge in [0.05, 0.1) is 17.5 Å². The Labute approximate surface area is 126 Å². The number of hydrogen-bond acceptors (Lipinski definition) is 3. The fraction of sp³-hybridized carbons (Fsp3) is 0.750. The van der Waals surface area contributed by atoms with Crippen molar-refractivity contribution in [3.05, 3.63) is 17.5 Å². The second-order valence-electron chi connectivity index (χ2n) is 6.42. The number of likely N-dealkylation sites (tertiary alicyclic amines) is 1. The van der Waals surface area contributed by atoms with Gasteiger partial charge in [0, 0.05) is 19.1 Å². The number of rotatable bonds is 4. The Morgan fingerprint density at radius 2 is 2.00 bits per heavy atom. The van der Waals surface area contributed by atoms with Gasteiger partial charge in [0.2, 0.25) is 0 Å². The molecule has 1 aromatic rings. The van der Waals surface area contributed by atoms with E-state index >= 15 is 0 Å². The zero-order valence-electron chi connectivity index (χ0n) is 13.0. The van der Waals surface area contributed by atoms with E-state index in [1.54, 1.807) is 6.20 Å². The summed E-state index contributed by atoms with van der Waals surface area (Å²) in [5, 5.41) is 7.49. The molecule has 0 saturated carbocycles. The molecule has 0 spiro atoms. The van der Waals surface area contributed by atoms with Gasteiger partial charge in [-0.15, -0.1) is 0 Å². The fourth-order valence-electron chi connectivity index (χ4n) is 3.49. The second kappa shape index (κ2) is 6.60. The van der Waals surface area contributed by atoms with Gasteiger partial charge in [-0.25, -0.2) is 0 Å². The molecule has 3 rings (SSSR count). The Hall–Kier alpha value is -1.36. The Balaban J connectivity index is 1.56. The van der Waals surface area contributed by atoms with E-state index in [0.717, 1.165) is 37.2 Å². The summed E-state index contributed by atoms with van der Waals surface area (Å²) in [7, 11) is 0. The van der Waals surface area contributed by atoms with Gasteiger partial charge in [-0.1, -0.05) is 6.42 Å². The van der Waals surface area contributed by atoms with E-state index in [0.29, 0.717) is 0 Å².